The number of nitrogens with one attached hydrogen (secondary N) is 1. The van der Waals surface area contributed by atoms with Gasteiger partial charge in [0.25, 0.3) is 10.0 Å². The van der Waals surface area contributed by atoms with E-state index in [0.717, 1.165) is 17.8 Å². The number of aromatic nitrogens is 2. The Hall–Kier alpha value is -2.07. The van der Waals surface area contributed by atoms with E-state index in [2.05, 4.69) is 13.5 Å². The van der Waals surface area contributed by atoms with Crippen molar-refractivity contribution in [2.45, 2.75) is 4.90 Å². The molecule has 22 heavy (non-hydrogen) atoms. The summed E-state index contributed by atoms with van der Waals surface area (Å²) in [7, 11) is -2.89. The van der Waals surface area contributed by atoms with Crippen LogP contribution in [-0.4, -0.2) is 25.0 Å². The van der Waals surface area contributed by atoms with E-state index in [1.54, 1.807) is 12.1 Å². The summed E-state index contributed by atoms with van der Waals surface area (Å²) in [6.45, 7) is 0. The quantitative estimate of drug-likeness (QED) is 0.724. The van der Waals surface area contributed by atoms with Crippen LogP contribution in [0.4, 0.5) is 14.5 Å². The molecule has 0 spiro atoms. The van der Waals surface area contributed by atoms with Crippen molar-refractivity contribution in [1.29, 1.82) is 0 Å². The van der Waals surface area contributed by atoms with E-state index in [9.17, 15) is 17.2 Å². The lowest BCUT2D eigenvalue weighted by Crippen LogP contribution is -2.24. The van der Waals surface area contributed by atoms with Crippen LogP contribution in [0.5, 0.6) is 0 Å². The number of anilines is 1. The monoisotopic (exact) mass is 339 g/mol. The average molecular weight is 339 g/mol. The first-order valence-electron chi connectivity index (χ1n) is 6.08. The summed E-state index contributed by atoms with van der Waals surface area (Å²) in [6, 6.07) is 6.28. The van der Waals surface area contributed by atoms with Gasteiger partial charge in [-0.2, -0.15) is 8.75 Å². The summed E-state index contributed by atoms with van der Waals surface area (Å²) < 4.78 is 62.1. The molecular formula is C12H8BF2N3O2S2. The first kappa shape index (κ1) is 14.9. The molecule has 0 aliphatic carbocycles. The van der Waals surface area contributed by atoms with Gasteiger partial charge >= 0.3 is 0 Å². The fourth-order valence-corrected chi connectivity index (χ4v) is 4.02. The highest BCUT2D eigenvalue weighted by Crippen LogP contribution is 2.24. The zero-order valence-electron chi connectivity index (χ0n) is 11.2. The van der Waals surface area contributed by atoms with Gasteiger partial charge in [-0.3, -0.25) is 4.72 Å². The minimum atomic E-state index is -4.22. The number of halogens is 2. The highest BCUT2D eigenvalue weighted by Gasteiger charge is 2.23. The fourth-order valence-electron chi connectivity index (χ4n) is 2.11. The van der Waals surface area contributed by atoms with Crippen molar-refractivity contribution in [3.05, 3.63) is 42.0 Å². The van der Waals surface area contributed by atoms with Crippen molar-refractivity contribution >= 4 is 51.8 Å². The third kappa shape index (κ3) is 2.55. The molecule has 0 atom stereocenters. The van der Waals surface area contributed by atoms with Crippen molar-refractivity contribution in [3.63, 3.8) is 0 Å². The Kier molecular flexibility index (Phi) is 3.57. The van der Waals surface area contributed by atoms with E-state index in [-0.39, 0.29) is 11.2 Å². The summed E-state index contributed by atoms with van der Waals surface area (Å²) >= 11 is 0.939. The topological polar surface area (TPSA) is 72.0 Å². The molecule has 0 saturated carbocycles. The molecule has 112 valence electrons. The molecule has 10 heteroatoms. The van der Waals surface area contributed by atoms with E-state index in [0.29, 0.717) is 17.1 Å². The number of sulfonamides is 1. The summed E-state index contributed by atoms with van der Waals surface area (Å²) in [5.74, 6) is -1.98. The SMILES string of the molecule is Bc1cc(F)cc(F)c1S(=O)(=O)Nc1cccc2nsnc12. The van der Waals surface area contributed by atoms with Crippen LogP contribution >= 0.6 is 11.7 Å². The Labute approximate surface area is 129 Å². The molecule has 0 amide bonds. The van der Waals surface area contributed by atoms with Crippen LogP contribution in [0, 0.1) is 11.6 Å². The Balaban J connectivity index is 2.10. The lowest BCUT2D eigenvalue weighted by Gasteiger charge is -2.11. The highest BCUT2D eigenvalue weighted by atomic mass is 32.2. The van der Waals surface area contributed by atoms with E-state index < -0.39 is 26.6 Å². The van der Waals surface area contributed by atoms with E-state index in [1.807, 2.05) is 0 Å². The van der Waals surface area contributed by atoms with Gasteiger partial charge in [-0.1, -0.05) is 11.5 Å². The second-order valence-electron chi connectivity index (χ2n) is 4.58. The molecule has 3 rings (SSSR count). The van der Waals surface area contributed by atoms with Crippen molar-refractivity contribution in [3.8, 4) is 0 Å². The number of benzene rings is 2. The number of fused-ring (bicyclic) bond motifs is 1. The van der Waals surface area contributed by atoms with Crippen molar-refractivity contribution < 1.29 is 17.2 Å². The molecule has 0 aliphatic rings. The fraction of sp³-hybridized carbons (Fsp3) is 0. The van der Waals surface area contributed by atoms with E-state index in [4.69, 9.17) is 0 Å². The zero-order valence-corrected chi connectivity index (χ0v) is 12.8. The maximum Gasteiger partial charge on any atom is 0.264 e. The van der Waals surface area contributed by atoms with Crippen LogP contribution < -0.4 is 10.2 Å². The number of rotatable bonds is 3. The van der Waals surface area contributed by atoms with Crippen LogP contribution in [0.1, 0.15) is 0 Å². The van der Waals surface area contributed by atoms with Gasteiger partial charge in [0.1, 0.15) is 35.4 Å². The summed E-state index contributed by atoms with van der Waals surface area (Å²) in [6.07, 6.45) is 0. The number of nitrogens with zero attached hydrogens (tertiary/aromatic N) is 2. The molecule has 5 nitrogen and oxygen atoms in total. The van der Waals surface area contributed by atoms with Crippen LogP contribution in [-0.2, 0) is 10.0 Å². The smallest absolute Gasteiger partial charge is 0.264 e. The summed E-state index contributed by atoms with van der Waals surface area (Å²) in [5, 5.41) is 0. The predicted molar refractivity (Wildman–Crippen MR) is 82.8 cm³/mol. The third-order valence-corrected chi connectivity index (χ3v) is 5.08. The molecular weight excluding hydrogens is 331 g/mol. The molecule has 2 aromatic carbocycles. The second-order valence-corrected chi connectivity index (χ2v) is 6.72. The van der Waals surface area contributed by atoms with E-state index >= 15 is 0 Å². The molecule has 0 aliphatic heterocycles. The summed E-state index contributed by atoms with van der Waals surface area (Å²) in [4.78, 5) is -0.589. The van der Waals surface area contributed by atoms with Crippen molar-refractivity contribution in [1.82, 2.24) is 8.75 Å². The van der Waals surface area contributed by atoms with Gasteiger partial charge in [-0.25, -0.2) is 17.2 Å². The van der Waals surface area contributed by atoms with Gasteiger partial charge in [-0.05, 0) is 18.2 Å². The van der Waals surface area contributed by atoms with Gasteiger partial charge in [0.05, 0.1) is 17.4 Å². The first-order chi connectivity index (χ1) is 10.4. The molecule has 1 heterocycles. The minimum Gasteiger partial charge on any atom is -0.277 e. The highest BCUT2D eigenvalue weighted by molar-refractivity contribution is 7.93. The van der Waals surface area contributed by atoms with Gasteiger partial charge in [0.2, 0.25) is 0 Å². The van der Waals surface area contributed by atoms with Gasteiger partial charge in [0, 0.05) is 6.07 Å². The van der Waals surface area contributed by atoms with E-state index in [1.165, 1.54) is 13.9 Å². The lowest BCUT2D eigenvalue weighted by atomic mass is 9.96. The molecule has 0 fully saturated rings. The second kappa shape index (κ2) is 5.29. The van der Waals surface area contributed by atoms with Crippen LogP contribution in [0.2, 0.25) is 0 Å². The summed E-state index contributed by atoms with van der Waals surface area (Å²) in [5.41, 5.74) is 1.07. The zero-order chi connectivity index (χ0) is 15.9. The van der Waals surface area contributed by atoms with Crippen molar-refractivity contribution in [2.75, 3.05) is 4.72 Å². The van der Waals surface area contributed by atoms with Crippen LogP contribution in [0.3, 0.4) is 0 Å². The molecule has 3 aromatic rings. The van der Waals surface area contributed by atoms with Crippen LogP contribution in [0.15, 0.2) is 35.2 Å². The number of hydrogen-bond acceptors (Lipinski definition) is 5. The molecule has 1 aromatic heterocycles. The molecule has 0 unspecified atom stereocenters. The normalized spacial score (nSPS) is 11.7. The maximum absolute atomic E-state index is 13.9. The van der Waals surface area contributed by atoms with Crippen molar-refractivity contribution in [2.24, 2.45) is 0 Å². The first-order valence-corrected chi connectivity index (χ1v) is 8.29. The van der Waals surface area contributed by atoms with Gasteiger partial charge in [0.15, 0.2) is 0 Å². The molecule has 0 bridgehead atoms. The Morgan fingerprint density at radius 1 is 1.18 bits per heavy atom. The molecule has 0 radical (unpaired) electrons. The Bertz CT molecular complexity index is 952. The maximum atomic E-state index is 13.9. The predicted octanol–water partition coefficient (Wildman–Crippen LogP) is 1.03. The number of hydrogen-bond donors (Lipinski definition) is 1. The Morgan fingerprint density at radius 2 is 1.95 bits per heavy atom. The minimum absolute atomic E-state index is 0.0198. The third-order valence-electron chi connectivity index (χ3n) is 2.99. The molecule has 1 N–H and O–H groups in total. The standard InChI is InChI=1S/C12H8BF2N3O2S2/c13-7-4-6(14)5-8(15)12(7)22(19,20)18-10-3-1-2-9-11(10)17-21-16-9/h1-5,18H,13H2. The van der Waals surface area contributed by atoms with Crippen LogP contribution in [0.25, 0.3) is 11.0 Å². The Morgan fingerprint density at radius 3 is 2.68 bits per heavy atom. The largest absolute Gasteiger partial charge is 0.277 e. The van der Waals surface area contributed by atoms with Gasteiger partial charge < -0.3 is 0 Å². The average Bonchev–Trinajstić information content (AvgIpc) is 2.85. The lowest BCUT2D eigenvalue weighted by molar-refractivity contribution is 0.554. The van der Waals surface area contributed by atoms with Gasteiger partial charge in [-0.15, -0.1) is 0 Å². The molecule has 0 saturated heterocycles.